The van der Waals surface area contributed by atoms with Gasteiger partial charge in [-0.3, -0.25) is 0 Å². The van der Waals surface area contributed by atoms with Gasteiger partial charge in [-0.2, -0.15) is 11.8 Å². The molecule has 0 saturated carbocycles. The Morgan fingerprint density at radius 2 is 1.76 bits per heavy atom. The van der Waals surface area contributed by atoms with Gasteiger partial charge in [-0.1, -0.05) is 33.6 Å². The number of nitrogens with one attached hydrogen (secondary N) is 1. The second-order valence-corrected chi connectivity index (χ2v) is 6.26. The fourth-order valence-electron chi connectivity index (χ4n) is 2.30. The SMILES string of the molecule is CCSCCCNCC(C(CC)CC)N(C)C. The molecule has 0 aliphatic heterocycles. The van der Waals surface area contributed by atoms with Gasteiger partial charge < -0.3 is 10.2 Å². The molecule has 104 valence electrons. The van der Waals surface area contributed by atoms with Crippen molar-refractivity contribution < 1.29 is 0 Å². The molecule has 0 fully saturated rings. The maximum atomic E-state index is 3.62. The summed E-state index contributed by atoms with van der Waals surface area (Å²) in [7, 11) is 4.41. The molecule has 3 heteroatoms. The van der Waals surface area contributed by atoms with Crippen molar-refractivity contribution in [3.05, 3.63) is 0 Å². The molecule has 0 radical (unpaired) electrons. The summed E-state index contributed by atoms with van der Waals surface area (Å²) < 4.78 is 0. The van der Waals surface area contributed by atoms with E-state index in [1.807, 2.05) is 11.8 Å². The lowest BCUT2D eigenvalue weighted by Crippen LogP contribution is -2.43. The first kappa shape index (κ1) is 17.3. The molecule has 0 aliphatic carbocycles. The standard InChI is InChI=1S/C14H32N2S/c1-6-13(7-2)14(16(4)5)12-15-10-9-11-17-8-3/h13-15H,6-12H2,1-5H3. The fraction of sp³-hybridized carbons (Fsp3) is 1.00. The Bertz CT molecular complexity index is 158. The van der Waals surface area contributed by atoms with Crippen LogP contribution in [0.15, 0.2) is 0 Å². The summed E-state index contributed by atoms with van der Waals surface area (Å²) in [5, 5.41) is 3.62. The highest BCUT2D eigenvalue weighted by atomic mass is 32.2. The topological polar surface area (TPSA) is 15.3 Å². The van der Waals surface area contributed by atoms with Crippen molar-refractivity contribution in [2.24, 2.45) is 5.92 Å². The predicted molar refractivity (Wildman–Crippen MR) is 82.0 cm³/mol. The molecule has 17 heavy (non-hydrogen) atoms. The highest BCUT2D eigenvalue weighted by Crippen LogP contribution is 2.16. The number of nitrogens with zero attached hydrogens (tertiary/aromatic N) is 1. The van der Waals surface area contributed by atoms with E-state index in [2.05, 4.69) is 45.1 Å². The molecule has 0 rings (SSSR count). The van der Waals surface area contributed by atoms with Gasteiger partial charge in [0.05, 0.1) is 0 Å². The molecule has 0 amide bonds. The number of hydrogen-bond donors (Lipinski definition) is 1. The smallest absolute Gasteiger partial charge is 0.0242 e. The second-order valence-electron chi connectivity index (χ2n) is 4.86. The lowest BCUT2D eigenvalue weighted by atomic mass is 9.93. The molecule has 0 aliphatic rings. The van der Waals surface area contributed by atoms with E-state index in [1.54, 1.807) is 0 Å². The minimum atomic E-state index is 0.684. The molecule has 0 bridgehead atoms. The quantitative estimate of drug-likeness (QED) is 0.575. The molecule has 0 heterocycles. The van der Waals surface area contributed by atoms with E-state index in [0.717, 1.165) is 19.0 Å². The Morgan fingerprint density at radius 3 is 2.24 bits per heavy atom. The van der Waals surface area contributed by atoms with Crippen molar-refractivity contribution in [1.82, 2.24) is 10.2 Å². The van der Waals surface area contributed by atoms with Crippen LogP contribution in [0.2, 0.25) is 0 Å². The maximum absolute atomic E-state index is 3.62. The van der Waals surface area contributed by atoms with E-state index < -0.39 is 0 Å². The zero-order chi connectivity index (χ0) is 13.1. The molecule has 0 aromatic rings. The number of rotatable bonds is 11. The zero-order valence-corrected chi connectivity index (χ0v) is 13.3. The average Bonchev–Trinajstić information content (AvgIpc) is 2.32. The summed E-state index contributed by atoms with van der Waals surface area (Å²) in [5.41, 5.74) is 0. The Labute approximate surface area is 113 Å². The normalized spacial score (nSPS) is 13.6. The van der Waals surface area contributed by atoms with Crippen LogP contribution in [0.4, 0.5) is 0 Å². The van der Waals surface area contributed by atoms with Gasteiger partial charge in [-0.05, 0) is 44.5 Å². The van der Waals surface area contributed by atoms with Crippen molar-refractivity contribution >= 4 is 11.8 Å². The van der Waals surface area contributed by atoms with Crippen LogP contribution in [0.1, 0.15) is 40.0 Å². The van der Waals surface area contributed by atoms with Gasteiger partial charge in [0.25, 0.3) is 0 Å². The third kappa shape index (κ3) is 8.06. The van der Waals surface area contributed by atoms with Gasteiger partial charge in [-0.15, -0.1) is 0 Å². The van der Waals surface area contributed by atoms with Crippen molar-refractivity contribution in [2.45, 2.75) is 46.1 Å². The van der Waals surface area contributed by atoms with Crippen molar-refractivity contribution in [3.63, 3.8) is 0 Å². The predicted octanol–water partition coefficient (Wildman–Crippen LogP) is 3.09. The number of thioether (sulfide) groups is 1. The van der Waals surface area contributed by atoms with E-state index in [4.69, 9.17) is 0 Å². The third-order valence-corrected chi connectivity index (χ3v) is 4.44. The van der Waals surface area contributed by atoms with Crippen molar-refractivity contribution in [3.8, 4) is 0 Å². The molecule has 0 aromatic carbocycles. The Morgan fingerprint density at radius 1 is 1.12 bits per heavy atom. The molecule has 0 aromatic heterocycles. The lowest BCUT2D eigenvalue weighted by molar-refractivity contribution is 0.194. The highest BCUT2D eigenvalue weighted by molar-refractivity contribution is 7.99. The molecule has 1 unspecified atom stereocenters. The lowest BCUT2D eigenvalue weighted by Gasteiger charge is -2.31. The van der Waals surface area contributed by atoms with Gasteiger partial charge in [0, 0.05) is 12.6 Å². The Kier molecular flexibility index (Phi) is 11.5. The summed E-state index contributed by atoms with van der Waals surface area (Å²) >= 11 is 2.04. The van der Waals surface area contributed by atoms with Gasteiger partial charge in [-0.25, -0.2) is 0 Å². The van der Waals surface area contributed by atoms with Crippen LogP contribution < -0.4 is 5.32 Å². The van der Waals surface area contributed by atoms with E-state index in [-0.39, 0.29) is 0 Å². The summed E-state index contributed by atoms with van der Waals surface area (Å²) in [6, 6.07) is 0.684. The molecule has 0 spiro atoms. The van der Waals surface area contributed by atoms with Gasteiger partial charge in [0.1, 0.15) is 0 Å². The van der Waals surface area contributed by atoms with E-state index >= 15 is 0 Å². The van der Waals surface area contributed by atoms with Crippen LogP contribution in [0.5, 0.6) is 0 Å². The molecule has 0 saturated heterocycles. The zero-order valence-electron chi connectivity index (χ0n) is 12.5. The summed E-state index contributed by atoms with van der Waals surface area (Å²) in [5.74, 6) is 3.36. The minimum absolute atomic E-state index is 0.684. The Balaban J connectivity index is 3.77. The molecule has 1 atom stereocenters. The van der Waals surface area contributed by atoms with E-state index in [0.29, 0.717) is 6.04 Å². The molecular formula is C14H32N2S. The fourth-order valence-corrected chi connectivity index (χ4v) is 2.93. The van der Waals surface area contributed by atoms with Gasteiger partial charge in [0.2, 0.25) is 0 Å². The largest absolute Gasteiger partial charge is 0.315 e. The second kappa shape index (κ2) is 11.4. The van der Waals surface area contributed by atoms with Crippen LogP contribution in [0.3, 0.4) is 0 Å². The third-order valence-electron chi connectivity index (χ3n) is 3.46. The van der Waals surface area contributed by atoms with Crippen LogP contribution >= 0.6 is 11.8 Å². The number of hydrogen-bond acceptors (Lipinski definition) is 3. The van der Waals surface area contributed by atoms with Gasteiger partial charge >= 0.3 is 0 Å². The molecular weight excluding hydrogens is 228 g/mol. The maximum Gasteiger partial charge on any atom is 0.0242 e. The minimum Gasteiger partial charge on any atom is -0.315 e. The summed E-state index contributed by atoms with van der Waals surface area (Å²) in [4.78, 5) is 2.38. The molecule has 1 N–H and O–H groups in total. The van der Waals surface area contributed by atoms with Crippen LogP contribution in [-0.4, -0.2) is 49.6 Å². The van der Waals surface area contributed by atoms with E-state index in [1.165, 1.54) is 30.8 Å². The van der Waals surface area contributed by atoms with E-state index in [9.17, 15) is 0 Å². The van der Waals surface area contributed by atoms with Crippen molar-refractivity contribution in [2.75, 3.05) is 38.7 Å². The van der Waals surface area contributed by atoms with Gasteiger partial charge in [0.15, 0.2) is 0 Å². The first-order chi connectivity index (χ1) is 8.17. The highest BCUT2D eigenvalue weighted by Gasteiger charge is 2.19. The first-order valence-corrected chi connectivity index (χ1v) is 8.27. The van der Waals surface area contributed by atoms with Crippen LogP contribution in [0.25, 0.3) is 0 Å². The average molecular weight is 260 g/mol. The van der Waals surface area contributed by atoms with Crippen LogP contribution in [0, 0.1) is 5.92 Å². The Hall–Kier alpha value is 0.270. The number of likely N-dealkylation sites (N-methyl/N-ethyl adjacent to an activating group) is 1. The molecule has 2 nitrogen and oxygen atoms in total. The van der Waals surface area contributed by atoms with Crippen LogP contribution in [-0.2, 0) is 0 Å². The van der Waals surface area contributed by atoms with Crippen molar-refractivity contribution in [1.29, 1.82) is 0 Å². The summed E-state index contributed by atoms with van der Waals surface area (Å²) in [6.07, 6.45) is 3.86. The first-order valence-electron chi connectivity index (χ1n) is 7.12. The summed E-state index contributed by atoms with van der Waals surface area (Å²) in [6.45, 7) is 9.14. The monoisotopic (exact) mass is 260 g/mol.